The normalized spacial score (nSPS) is 10.5. The van der Waals surface area contributed by atoms with Crippen LogP contribution in [0.5, 0.6) is 0 Å². The molecular weight excluding hydrogens is 274 g/mol. The molecule has 0 aliphatic carbocycles. The Morgan fingerprint density at radius 3 is 2.67 bits per heavy atom. The predicted octanol–water partition coefficient (Wildman–Crippen LogP) is 0.447. The molecule has 110 valence electrons. The predicted molar refractivity (Wildman–Crippen MR) is 75.9 cm³/mol. The van der Waals surface area contributed by atoms with E-state index in [1.54, 1.807) is 24.3 Å². The lowest BCUT2D eigenvalue weighted by Crippen LogP contribution is -2.27. The third-order valence-corrected chi connectivity index (χ3v) is 2.99. The highest BCUT2D eigenvalue weighted by Gasteiger charge is 2.10. The van der Waals surface area contributed by atoms with Gasteiger partial charge in [0.05, 0.1) is 17.5 Å². The lowest BCUT2D eigenvalue weighted by Gasteiger charge is -2.06. The number of aromatic nitrogens is 2. The van der Waals surface area contributed by atoms with Crippen molar-refractivity contribution >= 4 is 22.6 Å². The van der Waals surface area contributed by atoms with Gasteiger partial charge < -0.3 is 10.4 Å². The third kappa shape index (κ3) is 3.88. The summed E-state index contributed by atoms with van der Waals surface area (Å²) in [5, 5.41) is 18.5. The molecule has 0 unspecified atom stereocenters. The Morgan fingerprint density at radius 2 is 1.95 bits per heavy atom. The van der Waals surface area contributed by atoms with E-state index in [0.29, 0.717) is 29.4 Å². The van der Waals surface area contributed by atoms with Crippen LogP contribution in [-0.2, 0) is 16.0 Å². The van der Waals surface area contributed by atoms with Crippen LogP contribution in [0.2, 0.25) is 0 Å². The summed E-state index contributed by atoms with van der Waals surface area (Å²) in [4.78, 5) is 33.8. The molecule has 0 saturated heterocycles. The van der Waals surface area contributed by atoms with E-state index in [1.165, 1.54) is 0 Å². The standard InChI is InChI=1S/C14H15N3O4/c18-12(15-7-3-6-13(19)20)8-11-9-4-1-2-5-10(9)14(21)17-16-11/h1-2,4-5H,3,6-8H2,(H,15,18)(H,17,21)(H,19,20). The first-order valence-corrected chi connectivity index (χ1v) is 6.52. The van der Waals surface area contributed by atoms with E-state index in [9.17, 15) is 14.4 Å². The summed E-state index contributed by atoms with van der Waals surface area (Å²) in [6.07, 6.45) is 0.422. The van der Waals surface area contributed by atoms with Crippen LogP contribution in [0.4, 0.5) is 0 Å². The second kappa shape index (κ2) is 6.65. The first-order chi connectivity index (χ1) is 10.1. The Hall–Kier alpha value is -2.70. The van der Waals surface area contributed by atoms with Crippen molar-refractivity contribution in [2.45, 2.75) is 19.3 Å². The molecule has 0 spiro atoms. The van der Waals surface area contributed by atoms with Crippen molar-refractivity contribution in [3.05, 3.63) is 40.3 Å². The van der Waals surface area contributed by atoms with Gasteiger partial charge in [-0.25, -0.2) is 5.10 Å². The Labute approximate surface area is 120 Å². The quantitative estimate of drug-likeness (QED) is 0.668. The molecule has 7 nitrogen and oxygen atoms in total. The summed E-state index contributed by atoms with van der Waals surface area (Å²) < 4.78 is 0. The van der Waals surface area contributed by atoms with E-state index in [4.69, 9.17) is 5.11 Å². The molecule has 1 heterocycles. The summed E-state index contributed by atoms with van der Waals surface area (Å²) in [5.41, 5.74) is 0.192. The average molecular weight is 289 g/mol. The molecule has 21 heavy (non-hydrogen) atoms. The smallest absolute Gasteiger partial charge is 0.303 e. The molecule has 0 saturated carbocycles. The highest BCUT2D eigenvalue weighted by Crippen LogP contribution is 2.12. The molecule has 0 fully saturated rings. The number of aromatic amines is 1. The van der Waals surface area contributed by atoms with E-state index in [-0.39, 0.29) is 24.3 Å². The number of aliphatic carboxylic acids is 1. The number of benzene rings is 1. The van der Waals surface area contributed by atoms with Gasteiger partial charge in [-0.3, -0.25) is 14.4 Å². The molecule has 1 aromatic heterocycles. The first kappa shape index (κ1) is 14.7. The number of carbonyl (C=O) groups excluding carboxylic acids is 1. The van der Waals surface area contributed by atoms with Gasteiger partial charge in [0.1, 0.15) is 0 Å². The number of nitrogens with zero attached hydrogens (tertiary/aromatic N) is 1. The molecule has 1 amide bonds. The summed E-state index contributed by atoms with van der Waals surface area (Å²) in [6, 6.07) is 6.93. The first-order valence-electron chi connectivity index (χ1n) is 6.52. The second-order valence-electron chi connectivity index (χ2n) is 4.57. The molecular formula is C14H15N3O4. The van der Waals surface area contributed by atoms with Crippen LogP contribution < -0.4 is 10.9 Å². The van der Waals surface area contributed by atoms with Gasteiger partial charge in [0, 0.05) is 18.4 Å². The molecule has 0 aliphatic heterocycles. The van der Waals surface area contributed by atoms with Gasteiger partial charge in [0.25, 0.3) is 5.56 Å². The fourth-order valence-electron chi connectivity index (χ4n) is 1.99. The van der Waals surface area contributed by atoms with Gasteiger partial charge in [-0.05, 0) is 12.5 Å². The number of amides is 1. The molecule has 3 N–H and O–H groups in total. The van der Waals surface area contributed by atoms with E-state index in [0.717, 1.165) is 0 Å². The molecule has 0 radical (unpaired) electrons. The number of carboxylic acid groups (broad SMARTS) is 1. The fraction of sp³-hybridized carbons (Fsp3) is 0.286. The minimum absolute atomic E-state index is 0.0140. The molecule has 2 rings (SSSR count). The summed E-state index contributed by atoms with van der Waals surface area (Å²) in [6.45, 7) is 0.298. The van der Waals surface area contributed by atoms with E-state index < -0.39 is 5.97 Å². The van der Waals surface area contributed by atoms with Gasteiger partial charge in [0.15, 0.2) is 0 Å². The maximum Gasteiger partial charge on any atom is 0.303 e. The maximum absolute atomic E-state index is 11.8. The zero-order valence-corrected chi connectivity index (χ0v) is 11.3. The van der Waals surface area contributed by atoms with Crippen LogP contribution in [0.3, 0.4) is 0 Å². The largest absolute Gasteiger partial charge is 0.481 e. The molecule has 0 atom stereocenters. The maximum atomic E-state index is 11.8. The number of hydrogen-bond donors (Lipinski definition) is 3. The average Bonchev–Trinajstić information content (AvgIpc) is 2.47. The van der Waals surface area contributed by atoms with Gasteiger partial charge >= 0.3 is 5.97 Å². The van der Waals surface area contributed by atoms with E-state index in [1.807, 2.05) is 0 Å². The summed E-state index contributed by atoms with van der Waals surface area (Å²) in [5.74, 6) is -1.15. The zero-order chi connectivity index (χ0) is 15.2. The Morgan fingerprint density at radius 1 is 1.24 bits per heavy atom. The molecule has 0 aliphatic rings. The Kier molecular flexibility index (Phi) is 4.65. The number of hydrogen-bond acceptors (Lipinski definition) is 4. The summed E-state index contributed by atoms with van der Waals surface area (Å²) in [7, 11) is 0. The van der Waals surface area contributed by atoms with Gasteiger partial charge in [0.2, 0.25) is 5.91 Å². The highest BCUT2D eigenvalue weighted by atomic mass is 16.4. The van der Waals surface area contributed by atoms with Gasteiger partial charge in [-0.15, -0.1) is 0 Å². The van der Waals surface area contributed by atoms with Crippen molar-refractivity contribution in [1.29, 1.82) is 0 Å². The van der Waals surface area contributed by atoms with Gasteiger partial charge in [-0.2, -0.15) is 5.10 Å². The minimum atomic E-state index is -0.891. The van der Waals surface area contributed by atoms with Crippen molar-refractivity contribution in [2.75, 3.05) is 6.54 Å². The van der Waals surface area contributed by atoms with Crippen LogP contribution >= 0.6 is 0 Å². The van der Waals surface area contributed by atoms with Crippen molar-refractivity contribution in [3.8, 4) is 0 Å². The molecule has 2 aromatic rings. The topological polar surface area (TPSA) is 112 Å². The van der Waals surface area contributed by atoms with Crippen LogP contribution in [0.25, 0.3) is 10.8 Å². The van der Waals surface area contributed by atoms with Crippen molar-refractivity contribution in [3.63, 3.8) is 0 Å². The lowest BCUT2D eigenvalue weighted by molar-refractivity contribution is -0.137. The minimum Gasteiger partial charge on any atom is -0.481 e. The molecule has 0 bridgehead atoms. The highest BCUT2D eigenvalue weighted by molar-refractivity contribution is 5.88. The Balaban J connectivity index is 2.03. The van der Waals surface area contributed by atoms with Crippen molar-refractivity contribution in [2.24, 2.45) is 0 Å². The van der Waals surface area contributed by atoms with Crippen LogP contribution in [0.15, 0.2) is 29.1 Å². The number of carbonyl (C=O) groups is 2. The monoisotopic (exact) mass is 289 g/mol. The van der Waals surface area contributed by atoms with Crippen LogP contribution in [0, 0.1) is 0 Å². The van der Waals surface area contributed by atoms with E-state index >= 15 is 0 Å². The molecule has 7 heteroatoms. The SMILES string of the molecule is O=C(O)CCCNC(=O)Cc1n[nH]c(=O)c2ccccc12. The number of nitrogens with one attached hydrogen (secondary N) is 2. The number of fused-ring (bicyclic) bond motifs is 1. The number of H-pyrrole nitrogens is 1. The van der Waals surface area contributed by atoms with Crippen molar-refractivity contribution < 1.29 is 14.7 Å². The molecule has 1 aromatic carbocycles. The summed E-state index contributed by atoms with van der Waals surface area (Å²) >= 11 is 0. The number of carboxylic acids is 1. The Bertz CT molecular complexity index is 723. The van der Waals surface area contributed by atoms with Gasteiger partial charge in [-0.1, -0.05) is 18.2 Å². The van der Waals surface area contributed by atoms with E-state index in [2.05, 4.69) is 15.5 Å². The second-order valence-corrected chi connectivity index (χ2v) is 4.57. The lowest BCUT2D eigenvalue weighted by atomic mass is 10.1. The van der Waals surface area contributed by atoms with Crippen LogP contribution in [-0.4, -0.2) is 33.7 Å². The van der Waals surface area contributed by atoms with Crippen molar-refractivity contribution in [1.82, 2.24) is 15.5 Å². The van der Waals surface area contributed by atoms with Crippen LogP contribution in [0.1, 0.15) is 18.5 Å². The zero-order valence-electron chi connectivity index (χ0n) is 11.3. The third-order valence-electron chi connectivity index (χ3n) is 2.99. The fourth-order valence-corrected chi connectivity index (χ4v) is 1.99. The number of rotatable bonds is 6.